The molecule has 25 heavy (non-hydrogen) atoms. The zero-order valence-electron chi connectivity index (χ0n) is 12.9. The average Bonchev–Trinajstić information content (AvgIpc) is 2.86. The fraction of sp³-hybridized carbons (Fsp3) is 0.0556. The van der Waals surface area contributed by atoms with Gasteiger partial charge in [0.2, 0.25) is 0 Å². The van der Waals surface area contributed by atoms with Gasteiger partial charge in [-0.05, 0) is 18.2 Å². The van der Waals surface area contributed by atoms with Crippen molar-refractivity contribution in [3.63, 3.8) is 0 Å². The van der Waals surface area contributed by atoms with Gasteiger partial charge < -0.3 is 0 Å². The Balaban J connectivity index is 1.67. The molecule has 2 aromatic carbocycles. The van der Waals surface area contributed by atoms with Crippen LogP contribution in [0.3, 0.4) is 0 Å². The van der Waals surface area contributed by atoms with Crippen LogP contribution >= 0.6 is 0 Å². The van der Waals surface area contributed by atoms with Crippen molar-refractivity contribution in [3.8, 4) is 0 Å². The van der Waals surface area contributed by atoms with Crippen LogP contribution in [0.2, 0.25) is 0 Å². The lowest BCUT2D eigenvalue weighted by Gasteiger charge is -2.13. The van der Waals surface area contributed by atoms with E-state index < -0.39 is 16.7 Å². The second kappa shape index (κ2) is 5.48. The molecule has 2 heterocycles. The van der Waals surface area contributed by atoms with Gasteiger partial charge in [0, 0.05) is 17.5 Å². The highest BCUT2D eigenvalue weighted by atomic mass is 16.6. The molecule has 1 aliphatic heterocycles. The molecular formula is C18H11N3O4. The molecule has 7 heteroatoms. The summed E-state index contributed by atoms with van der Waals surface area (Å²) < 4.78 is 0. The number of hydrogen-bond donors (Lipinski definition) is 0. The monoisotopic (exact) mass is 333 g/mol. The van der Waals surface area contributed by atoms with Gasteiger partial charge in [-0.1, -0.05) is 24.3 Å². The Morgan fingerprint density at radius 1 is 0.960 bits per heavy atom. The molecular weight excluding hydrogens is 322 g/mol. The van der Waals surface area contributed by atoms with Crippen molar-refractivity contribution in [3.05, 3.63) is 81.5 Å². The van der Waals surface area contributed by atoms with Crippen LogP contribution in [-0.2, 0) is 6.54 Å². The van der Waals surface area contributed by atoms with Crippen LogP contribution in [0.15, 0.2) is 54.6 Å². The Morgan fingerprint density at radius 2 is 1.72 bits per heavy atom. The number of nitro groups is 1. The third kappa shape index (κ3) is 2.42. The fourth-order valence-electron chi connectivity index (χ4n) is 2.89. The molecule has 0 unspecified atom stereocenters. The summed E-state index contributed by atoms with van der Waals surface area (Å²) in [7, 11) is 0. The summed E-state index contributed by atoms with van der Waals surface area (Å²) >= 11 is 0. The zero-order valence-corrected chi connectivity index (χ0v) is 12.9. The number of non-ortho nitro benzene ring substituents is 1. The van der Waals surface area contributed by atoms with Crippen LogP contribution in [0.5, 0.6) is 0 Å². The lowest BCUT2D eigenvalue weighted by molar-refractivity contribution is -0.384. The third-order valence-corrected chi connectivity index (χ3v) is 4.14. The van der Waals surface area contributed by atoms with E-state index in [2.05, 4.69) is 4.98 Å². The van der Waals surface area contributed by atoms with Crippen molar-refractivity contribution in [2.75, 3.05) is 0 Å². The molecule has 7 nitrogen and oxygen atoms in total. The molecule has 0 aliphatic carbocycles. The largest absolute Gasteiger partial charge is 0.270 e. The number of pyridine rings is 1. The van der Waals surface area contributed by atoms with Crippen LogP contribution in [0.4, 0.5) is 5.69 Å². The minimum atomic E-state index is -0.592. The minimum absolute atomic E-state index is 0.0188. The van der Waals surface area contributed by atoms with E-state index in [1.54, 1.807) is 6.07 Å². The van der Waals surface area contributed by atoms with E-state index >= 15 is 0 Å². The van der Waals surface area contributed by atoms with Gasteiger partial charge in [-0.25, -0.2) is 0 Å². The van der Waals surface area contributed by atoms with E-state index in [0.717, 1.165) is 21.9 Å². The van der Waals surface area contributed by atoms with Gasteiger partial charge >= 0.3 is 0 Å². The summed E-state index contributed by atoms with van der Waals surface area (Å²) in [6.45, 7) is 0.0188. The van der Waals surface area contributed by atoms with Crippen LogP contribution in [-0.4, -0.2) is 26.6 Å². The first kappa shape index (κ1) is 14.9. The summed E-state index contributed by atoms with van der Waals surface area (Å²) in [4.78, 5) is 40.8. The van der Waals surface area contributed by atoms with Crippen LogP contribution in [0.25, 0.3) is 10.9 Å². The number of aromatic nitrogens is 1. The van der Waals surface area contributed by atoms with Gasteiger partial charge in [0.05, 0.1) is 33.8 Å². The Kier molecular flexibility index (Phi) is 3.28. The summed E-state index contributed by atoms with van der Waals surface area (Å²) in [5.41, 5.74) is 1.36. The highest BCUT2D eigenvalue weighted by Gasteiger charge is 2.36. The van der Waals surface area contributed by atoms with Gasteiger partial charge in [0.1, 0.15) is 0 Å². The number of nitrogens with zero attached hydrogens (tertiary/aromatic N) is 3. The summed E-state index contributed by atoms with van der Waals surface area (Å²) in [5, 5.41) is 11.8. The van der Waals surface area contributed by atoms with Crippen molar-refractivity contribution in [1.82, 2.24) is 9.88 Å². The van der Waals surface area contributed by atoms with Gasteiger partial charge in [-0.3, -0.25) is 29.6 Å². The molecule has 4 rings (SSSR count). The second-order valence-corrected chi connectivity index (χ2v) is 5.68. The molecule has 2 amide bonds. The number of fused-ring (bicyclic) bond motifs is 2. The number of amides is 2. The standard InChI is InChI=1S/C18H11N3O4/c22-17-14-8-7-13(21(24)25)9-15(14)18(23)20(17)10-12-6-5-11-3-1-2-4-16(11)19-12/h1-9H,10H2. The smallest absolute Gasteiger partial charge is 0.269 e. The highest BCUT2D eigenvalue weighted by Crippen LogP contribution is 2.28. The fourth-order valence-corrected chi connectivity index (χ4v) is 2.89. The molecule has 0 saturated carbocycles. The number of carbonyl (C=O) groups is 2. The molecule has 0 atom stereocenters. The number of carbonyl (C=O) groups excluding carboxylic acids is 2. The first-order valence-electron chi connectivity index (χ1n) is 7.54. The summed E-state index contributed by atoms with van der Waals surface area (Å²) in [5.74, 6) is -1.01. The first-order chi connectivity index (χ1) is 12.0. The van der Waals surface area contributed by atoms with Gasteiger partial charge in [0.15, 0.2) is 0 Å². The van der Waals surface area contributed by atoms with E-state index in [0.29, 0.717) is 5.69 Å². The average molecular weight is 333 g/mol. The number of rotatable bonds is 3. The van der Waals surface area contributed by atoms with E-state index in [-0.39, 0.29) is 23.4 Å². The predicted molar refractivity (Wildman–Crippen MR) is 89.0 cm³/mol. The summed E-state index contributed by atoms with van der Waals surface area (Å²) in [6, 6.07) is 14.9. The van der Waals surface area contributed by atoms with E-state index in [1.807, 2.05) is 30.3 Å². The molecule has 0 saturated heterocycles. The van der Waals surface area contributed by atoms with Crippen LogP contribution in [0, 0.1) is 10.1 Å². The lowest BCUT2D eigenvalue weighted by Crippen LogP contribution is -2.29. The molecule has 0 fully saturated rings. The maximum atomic E-state index is 12.5. The van der Waals surface area contributed by atoms with Crippen molar-refractivity contribution in [2.45, 2.75) is 6.54 Å². The summed E-state index contributed by atoms with van der Waals surface area (Å²) in [6.07, 6.45) is 0. The first-order valence-corrected chi connectivity index (χ1v) is 7.54. The molecule has 0 N–H and O–H groups in total. The van der Waals surface area contributed by atoms with E-state index in [1.165, 1.54) is 12.1 Å². The zero-order chi connectivity index (χ0) is 17.6. The van der Waals surface area contributed by atoms with Crippen molar-refractivity contribution in [1.29, 1.82) is 0 Å². The van der Waals surface area contributed by atoms with Crippen molar-refractivity contribution < 1.29 is 14.5 Å². The van der Waals surface area contributed by atoms with E-state index in [9.17, 15) is 19.7 Å². The molecule has 1 aromatic heterocycles. The molecule has 1 aliphatic rings. The molecule has 3 aromatic rings. The number of imide groups is 1. The molecule has 0 radical (unpaired) electrons. The van der Waals surface area contributed by atoms with Gasteiger partial charge in [-0.15, -0.1) is 0 Å². The quantitative estimate of drug-likeness (QED) is 0.417. The molecule has 122 valence electrons. The Hall–Kier alpha value is -3.61. The van der Waals surface area contributed by atoms with Crippen molar-refractivity contribution in [2.24, 2.45) is 0 Å². The number of para-hydroxylation sites is 1. The van der Waals surface area contributed by atoms with Gasteiger partial charge in [0.25, 0.3) is 17.5 Å². The predicted octanol–water partition coefficient (Wildman–Crippen LogP) is 2.94. The normalized spacial score (nSPS) is 13.4. The number of hydrogen-bond acceptors (Lipinski definition) is 5. The maximum absolute atomic E-state index is 12.5. The molecule has 0 spiro atoms. The number of nitro benzene ring substituents is 1. The maximum Gasteiger partial charge on any atom is 0.270 e. The Bertz CT molecular complexity index is 1060. The number of benzene rings is 2. The second-order valence-electron chi connectivity index (χ2n) is 5.68. The topological polar surface area (TPSA) is 93.4 Å². The third-order valence-electron chi connectivity index (χ3n) is 4.14. The van der Waals surface area contributed by atoms with Crippen LogP contribution in [0.1, 0.15) is 26.4 Å². The molecule has 0 bridgehead atoms. The van der Waals surface area contributed by atoms with Crippen molar-refractivity contribution >= 4 is 28.4 Å². The minimum Gasteiger partial charge on any atom is -0.269 e. The van der Waals surface area contributed by atoms with E-state index in [4.69, 9.17) is 0 Å². The Labute approximate surface area is 141 Å². The van der Waals surface area contributed by atoms with Gasteiger partial charge in [-0.2, -0.15) is 0 Å². The van der Waals surface area contributed by atoms with Crippen LogP contribution < -0.4 is 0 Å². The Morgan fingerprint density at radius 3 is 2.52 bits per heavy atom. The SMILES string of the molecule is O=C1c2ccc([N+](=O)[O-])cc2C(=O)N1Cc1ccc2ccccc2n1. The lowest BCUT2D eigenvalue weighted by atomic mass is 10.1. The highest BCUT2D eigenvalue weighted by molar-refractivity contribution is 6.21.